The van der Waals surface area contributed by atoms with Crippen LogP contribution in [0, 0.1) is 20.8 Å². The van der Waals surface area contributed by atoms with E-state index in [1.54, 1.807) is 0 Å². The number of fused-ring (bicyclic) bond motifs is 7. The summed E-state index contributed by atoms with van der Waals surface area (Å²) >= 11 is 6.44. The fraction of sp³-hybridized carbons (Fsp3) is 0.139. The number of thiol groups is 2. The summed E-state index contributed by atoms with van der Waals surface area (Å²) in [5.41, 5.74) is 26.5. The number of para-hydroxylation sites is 2. The van der Waals surface area contributed by atoms with Crippen molar-refractivity contribution in [2.45, 2.75) is 66.7 Å². The number of benzene rings is 6. The summed E-state index contributed by atoms with van der Waals surface area (Å²) in [6.45, 7) is 17.3. The van der Waals surface area contributed by atoms with Crippen LogP contribution < -0.4 is 0 Å². The third-order valence-electron chi connectivity index (χ3n) is 15.9. The number of pyridine rings is 2. The number of hydrogen-bond donors (Lipinski definition) is 2. The van der Waals surface area contributed by atoms with Crippen LogP contribution in [0.4, 0.5) is 0 Å². The molecule has 11 aromatic rings. The first-order valence-electron chi connectivity index (χ1n) is 27.2. The molecule has 0 saturated carbocycles. The van der Waals surface area contributed by atoms with Crippen LogP contribution >= 0.6 is 23.3 Å². The van der Waals surface area contributed by atoms with Crippen LogP contribution in [0.5, 0.6) is 0 Å². The van der Waals surface area contributed by atoms with Crippen molar-refractivity contribution in [3.63, 3.8) is 0 Å². The van der Waals surface area contributed by atoms with E-state index in [1.165, 1.54) is 100.0 Å². The first kappa shape index (κ1) is 52.7. The molecule has 5 nitrogen and oxygen atoms in total. The highest BCUT2D eigenvalue weighted by Crippen LogP contribution is 2.41. The van der Waals surface area contributed by atoms with Crippen LogP contribution in [0.3, 0.4) is 0 Å². The Kier molecular flexibility index (Phi) is 15.3. The van der Waals surface area contributed by atoms with Crippen LogP contribution in [0.2, 0.25) is 0 Å². The summed E-state index contributed by atoms with van der Waals surface area (Å²) in [7, 11) is 0. The van der Waals surface area contributed by atoms with Gasteiger partial charge in [-0.3, -0.25) is 9.97 Å². The Labute approximate surface area is 475 Å². The van der Waals surface area contributed by atoms with Gasteiger partial charge in [-0.1, -0.05) is 141 Å². The van der Waals surface area contributed by atoms with Gasteiger partial charge in [0.05, 0.1) is 22.2 Å². The number of rotatable bonds is 9. The third kappa shape index (κ3) is 10.1. The van der Waals surface area contributed by atoms with Gasteiger partial charge in [-0.2, -0.15) is 0 Å². The summed E-state index contributed by atoms with van der Waals surface area (Å²) in [6, 6.07) is 56.8. The van der Waals surface area contributed by atoms with E-state index in [0.29, 0.717) is 5.92 Å². The summed E-state index contributed by atoms with van der Waals surface area (Å²) in [5, 5.41) is 3.76. The normalized spacial score (nSPS) is 13.8. The highest BCUT2D eigenvalue weighted by atomic mass is 33.1. The monoisotopic (exact) mass is 1060 g/mol. The second-order valence-corrected chi connectivity index (χ2v) is 20.8. The highest BCUT2D eigenvalue weighted by molar-refractivity contribution is 8.59. The Morgan fingerprint density at radius 3 is 2.11 bits per heavy atom. The lowest BCUT2D eigenvalue weighted by Crippen LogP contribution is -2.08. The minimum absolute atomic E-state index is 0.433. The molecule has 5 aromatic heterocycles. The lowest BCUT2D eigenvalue weighted by Gasteiger charge is -2.20. The van der Waals surface area contributed by atoms with Gasteiger partial charge in [-0.25, -0.2) is 0 Å². The molecule has 1 atom stereocenters. The van der Waals surface area contributed by atoms with Crippen molar-refractivity contribution in [1.29, 1.82) is 0 Å². The largest absolute Gasteiger partial charge is 0.313 e. The van der Waals surface area contributed by atoms with E-state index in [-0.39, 0.29) is 0 Å². The standard InChI is InChI=1S/C53H43N5.C19H20.H2S2/c1-4-13-48-35(3)42-20-11-14-34(2)53(42)58(48)40-16-12-15-39(30-40)56-51-23-10-7-19-45(51)46-29-36(24-25-52(46)56)37-28-38(33-54-32-37)47-31-41(26-27-55-47)57-49-21-8-5-17-43(49)44-18-6-9-22-50(44)57;1-14-10-11-19(13-15(14)2)17(4)12-16(3)18-8-6-5-7-9-18;1-2/h4-5,7-13,15-17,19-34H,6,14,18H2,1-3H3;5-13H,3H2,1-2,4H3;1-2H/b13-4-;17-12+;. The van der Waals surface area contributed by atoms with Crippen molar-refractivity contribution in [2.75, 3.05) is 0 Å². The van der Waals surface area contributed by atoms with Crippen molar-refractivity contribution in [2.24, 2.45) is 0 Å². The minimum Gasteiger partial charge on any atom is -0.313 e. The molecular formula is C72H65N5S2. The van der Waals surface area contributed by atoms with Gasteiger partial charge in [0, 0.05) is 85.9 Å². The molecule has 0 radical (unpaired) electrons. The van der Waals surface area contributed by atoms with Gasteiger partial charge in [-0.15, -0.1) is 23.3 Å². The maximum absolute atomic E-state index is 4.86. The highest BCUT2D eigenvalue weighted by Gasteiger charge is 2.25. The molecule has 0 saturated heterocycles. The average Bonchev–Trinajstić information content (AvgIpc) is 4.34. The quantitative estimate of drug-likeness (QED) is 0.0859. The molecule has 7 heteroatoms. The van der Waals surface area contributed by atoms with E-state index in [9.17, 15) is 0 Å². The third-order valence-corrected chi connectivity index (χ3v) is 15.9. The van der Waals surface area contributed by atoms with Gasteiger partial charge in [0.1, 0.15) is 0 Å². The van der Waals surface area contributed by atoms with E-state index >= 15 is 0 Å². The SMILES string of the molecule is C/C=C\c1c(C)c2c(n1-c1cccc(-n3c4ccccc4c4cc(-c5cncc(-c6cc(-n7c8c(c9ccccc97)CCC=C8)ccn6)c5)ccc43)c1)C(C)CC=C2.C=C(/C=C(\C)c1ccc(C)c(C)c1)c1ccccc1.SS. The van der Waals surface area contributed by atoms with Crippen LogP contribution in [0.1, 0.15) is 95.6 Å². The van der Waals surface area contributed by atoms with Crippen molar-refractivity contribution in [3.05, 3.63) is 263 Å². The van der Waals surface area contributed by atoms with Crippen molar-refractivity contribution >= 4 is 85.4 Å². The van der Waals surface area contributed by atoms with Gasteiger partial charge >= 0.3 is 0 Å². The Balaban J connectivity index is 0.000000266. The molecule has 0 amide bonds. The molecule has 0 spiro atoms. The molecule has 13 rings (SSSR count). The second-order valence-electron chi connectivity index (χ2n) is 20.8. The van der Waals surface area contributed by atoms with Crippen LogP contribution in [-0.2, 0) is 6.42 Å². The fourth-order valence-corrected chi connectivity index (χ4v) is 11.8. The van der Waals surface area contributed by atoms with Crippen LogP contribution in [0.15, 0.2) is 207 Å². The molecule has 0 N–H and O–H groups in total. The van der Waals surface area contributed by atoms with Gasteiger partial charge in [-0.05, 0) is 182 Å². The topological polar surface area (TPSA) is 40.6 Å². The van der Waals surface area contributed by atoms with Crippen molar-refractivity contribution in [3.8, 4) is 39.4 Å². The molecule has 2 aliphatic rings. The molecule has 390 valence electrons. The number of nitrogens with zero attached hydrogens (tertiary/aromatic N) is 5. The van der Waals surface area contributed by atoms with Crippen LogP contribution in [0.25, 0.3) is 102 Å². The Hall–Kier alpha value is -8.36. The van der Waals surface area contributed by atoms with Gasteiger partial charge in [0.25, 0.3) is 0 Å². The van der Waals surface area contributed by atoms with Gasteiger partial charge in [0.15, 0.2) is 0 Å². The molecule has 1 unspecified atom stereocenters. The predicted molar refractivity (Wildman–Crippen MR) is 345 cm³/mol. The summed E-state index contributed by atoms with van der Waals surface area (Å²) in [6.07, 6.45) is 24.8. The van der Waals surface area contributed by atoms with Gasteiger partial charge < -0.3 is 13.7 Å². The van der Waals surface area contributed by atoms with E-state index in [0.717, 1.165) is 58.6 Å². The molecule has 79 heavy (non-hydrogen) atoms. The lowest BCUT2D eigenvalue weighted by atomic mass is 9.93. The van der Waals surface area contributed by atoms with Gasteiger partial charge in [0.2, 0.25) is 0 Å². The fourth-order valence-electron chi connectivity index (χ4n) is 11.8. The minimum atomic E-state index is 0.433. The van der Waals surface area contributed by atoms with E-state index in [1.807, 2.05) is 36.8 Å². The number of aromatic nitrogens is 5. The van der Waals surface area contributed by atoms with Crippen molar-refractivity contribution < 1.29 is 0 Å². The van der Waals surface area contributed by atoms with Crippen LogP contribution in [-0.4, -0.2) is 23.7 Å². The van der Waals surface area contributed by atoms with E-state index < -0.39 is 0 Å². The maximum atomic E-state index is 4.86. The van der Waals surface area contributed by atoms with E-state index in [4.69, 9.17) is 9.97 Å². The number of allylic oxidation sites excluding steroid dienone is 6. The molecular weight excluding hydrogens is 999 g/mol. The first-order chi connectivity index (χ1) is 38.6. The second kappa shape index (κ2) is 22.9. The average molecular weight is 1060 g/mol. The Morgan fingerprint density at radius 2 is 1.33 bits per heavy atom. The molecule has 0 aliphatic heterocycles. The lowest BCUT2D eigenvalue weighted by molar-refractivity contribution is 0.716. The Morgan fingerprint density at radius 1 is 0.620 bits per heavy atom. The predicted octanol–water partition coefficient (Wildman–Crippen LogP) is 19.6. The molecule has 5 heterocycles. The molecule has 2 aliphatic carbocycles. The summed E-state index contributed by atoms with van der Waals surface area (Å²) < 4.78 is 7.29. The first-order valence-corrected chi connectivity index (χ1v) is 28.8. The molecule has 0 fully saturated rings. The summed E-state index contributed by atoms with van der Waals surface area (Å²) in [4.78, 5) is 9.63. The smallest absolute Gasteiger partial charge is 0.0738 e. The maximum Gasteiger partial charge on any atom is 0.0738 e. The zero-order chi connectivity index (χ0) is 54.7. The molecule has 6 aromatic carbocycles. The number of aryl methyl sites for hydroxylation is 3. The summed E-state index contributed by atoms with van der Waals surface area (Å²) in [5.74, 6) is 0.433. The number of hydrogen-bond acceptors (Lipinski definition) is 4. The zero-order valence-electron chi connectivity index (χ0n) is 45.8. The van der Waals surface area contributed by atoms with Crippen molar-refractivity contribution in [1.82, 2.24) is 23.7 Å². The Bertz CT molecular complexity index is 4230. The van der Waals surface area contributed by atoms with E-state index in [2.05, 4.69) is 267 Å². The molecule has 0 bridgehead atoms. The zero-order valence-corrected chi connectivity index (χ0v) is 47.6.